The van der Waals surface area contributed by atoms with Gasteiger partial charge in [0.15, 0.2) is 0 Å². The fraction of sp³-hybridized carbons (Fsp3) is 0.133. The lowest BCUT2D eigenvalue weighted by Crippen LogP contribution is -1.87. The van der Waals surface area contributed by atoms with Crippen LogP contribution in [0.15, 0.2) is 53.4 Å². The Hall–Kier alpha value is -1.76. The van der Waals surface area contributed by atoms with Crippen molar-refractivity contribution < 1.29 is 5.11 Å². The van der Waals surface area contributed by atoms with Gasteiger partial charge in [0.1, 0.15) is 0 Å². The van der Waals surface area contributed by atoms with E-state index in [-0.39, 0.29) is 6.61 Å². The molecule has 1 N–H and O–H groups in total. The minimum Gasteiger partial charge on any atom is -0.392 e. The molecule has 0 aliphatic heterocycles. The van der Waals surface area contributed by atoms with Gasteiger partial charge in [0.05, 0.1) is 18.2 Å². The number of benzene rings is 2. The molecule has 90 valence electrons. The summed E-state index contributed by atoms with van der Waals surface area (Å²) < 4.78 is 0. The average Bonchev–Trinajstić information content (AvgIpc) is 2.45. The molecular weight excluding hydrogens is 242 g/mol. The average molecular weight is 255 g/mol. The van der Waals surface area contributed by atoms with Crippen molar-refractivity contribution in [2.24, 2.45) is 0 Å². The molecule has 2 rings (SSSR count). The first-order valence-electron chi connectivity index (χ1n) is 5.64. The molecule has 0 aromatic heterocycles. The molecule has 2 aromatic carbocycles. The highest BCUT2D eigenvalue weighted by Gasteiger charge is 2.02. The minimum absolute atomic E-state index is 0.0587. The molecule has 2 nitrogen and oxygen atoms in total. The fourth-order valence-corrected chi connectivity index (χ4v) is 2.63. The molecule has 2 aromatic rings. The maximum atomic E-state index is 9.08. The summed E-state index contributed by atoms with van der Waals surface area (Å²) >= 11 is 1.67. The Balaban J connectivity index is 2.09. The van der Waals surface area contributed by atoms with Gasteiger partial charge < -0.3 is 5.11 Å². The molecular formula is C15H13NOS. The number of nitrogens with zero attached hydrogens (tertiary/aromatic N) is 1. The Morgan fingerprint density at radius 1 is 1.11 bits per heavy atom. The number of nitriles is 1. The fourth-order valence-electron chi connectivity index (χ4n) is 1.65. The van der Waals surface area contributed by atoms with Crippen LogP contribution in [0.3, 0.4) is 0 Å². The molecule has 0 radical (unpaired) electrons. The first kappa shape index (κ1) is 12.7. The van der Waals surface area contributed by atoms with Crippen molar-refractivity contribution in [2.75, 3.05) is 0 Å². The zero-order chi connectivity index (χ0) is 12.8. The second-order valence-electron chi connectivity index (χ2n) is 3.86. The maximum Gasteiger partial charge on any atom is 0.0994 e. The standard InChI is InChI=1S/C15H13NOS/c16-9-13-5-1-2-6-14(13)11-18-15-7-3-4-12(8-15)10-17/h1-8,17H,10-11H2. The van der Waals surface area contributed by atoms with Crippen LogP contribution in [0, 0.1) is 11.3 Å². The molecule has 0 saturated carbocycles. The van der Waals surface area contributed by atoms with Gasteiger partial charge in [0, 0.05) is 10.6 Å². The largest absolute Gasteiger partial charge is 0.392 e. The predicted molar refractivity (Wildman–Crippen MR) is 73.1 cm³/mol. The number of aliphatic hydroxyl groups excluding tert-OH is 1. The summed E-state index contributed by atoms with van der Waals surface area (Å²) in [6.45, 7) is 0.0587. The molecule has 0 unspecified atom stereocenters. The van der Waals surface area contributed by atoms with Crippen molar-refractivity contribution in [2.45, 2.75) is 17.3 Å². The molecule has 0 heterocycles. The van der Waals surface area contributed by atoms with E-state index in [0.29, 0.717) is 0 Å². The monoisotopic (exact) mass is 255 g/mol. The van der Waals surface area contributed by atoms with E-state index in [0.717, 1.165) is 27.3 Å². The van der Waals surface area contributed by atoms with Gasteiger partial charge in [-0.25, -0.2) is 0 Å². The third-order valence-corrected chi connectivity index (χ3v) is 3.66. The van der Waals surface area contributed by atoms with Crippen LogP contribution < -0.4 is 0 Å². The lowest BCUT2D eigenvalue weighted by Gasteiger charge is -2.05. The van der Waals surface area contributed by atoms with Crippen LogP contribution in [0.1, 0.15) is 16.7 Å². The SMILES string of the molecule is N#Cc1ccccc1CSc1cccc(CO)c1. The number of hydrogen-bond acceptors (Lipinski definition) is 3. The van der Waals surface area contributed by atoms with Crippen molar-refractivity contribution in [1.29, 1.82) is 5.26 Å². The normalized spacial score (nSPS) is 10.0. The molecule has 0 atom stereocenters. The Labute approximate surface area is 111 Å². The molecule has 0 aliphatic rings. The molecule has 18 heavy (non-hydrogen) atoms. The van der Waals surface area contributed by atoms with E-state index >= 15 is 0 Å². The Morgan fingerprint density at radius 2 is 1.94 bits per heavy atom. The van der Waals surface area contributed by atoms with Crippen LogP contribution in [0.25, 0.3) is 0 Å². The highest BCUT2D eigenvalue weighted by molar-refractivity contribution is 7.98. The summed E-state index contributed by atoms with van der Waals surface area (Å²) in [5.74, 6) is 0.763. The van der Waals surface area contributed by atoms with E-state index in [1.165, 1.54) is 0 Å². The van der Waals surface area contributed by atoms with Crippen molar-refractivity contribution >= 4 is 11.8 Å². The lowest BCUT2D eigenvalue weighted by molar-refractivity contribution is 0.281. The second kappa shape index (κ2) is 6.25. The number of rotatable bonds is 4. The van der Waals surface area contributed by atoms with E-state index in [1.54, 1.807) is 11.8 Å². The maximum absolute atomic E-state index is 9.08. The highest BCUT2D eigenvalue weighted by atomic mass is 32.2. The van der Waals surface area contributed by atoms with Gasteiger partial charge in [-0.05, 0) is 29.3 Å². The third kappa shape index (κ3) is 3.13. The summed E-state index contributed by atoms with van der Waals surface area (Å²) in [5, 5.41) is 18.1. The van der Waals surface area contributed by atoms with E-state index in [1.807, 2.05) is 48.5 Å². The Kier molecular flexibility index (Phi) is 4.40. The van der Waals surface area contributed by atoms with Gasteiger partial charge in [0.2, 0.25) is 0 Å². The van der Waals surface area contributed by atoms with Crippen LogP contribution in [0.5, 0.6) is 0 Å². The molecule has 0 aliphatic carbocycles. The lowest BCUT2D eigenvalue weighted by atomic mass is 10.1. The van der Waals surface area contributed by atoms with E-state index in [2.05, 4.69) is 6.07 Å². The summed E-state index contributed by atoms with van der Waals surface area (Å²) in [6, 6.07) is 17.6. The van der Waals surface area contributed by atoms with Crippen molar-refractivity contribution in [3.05, 3.63) is 65.2 Å². The highest BCUT2D eigenvalue weighted by Crippen LogP contribution is 2.25. The Morgan fingerprint density at radius 3 is 2.72 bits per heavy atom. The second-order valence-corrected chi connectivity index (χ2v) is 4.91. The van der Waals surface area contributed by atoms with E-state index < -0.39 is 0 Å². The van der Waals surface area contributed by atoms with Gasteiger partial charge in [-0.2, -0.15) is 5.26 Å². The summed E-state index contributed by atoms with van der Waals surface area (Å²) in [4.78, 5) is 1.11. The van der Waals surface area contributed by atoms with Crippen LogP contribution in [0.4, 0.5) is 0 Å². The first-order chi connectivity index (χ1) is 8.83. The first-order valence-corrected chi connectivity index (χ1v) is 6.62. The van der Waals surface area contributed by atoms with Gasteiger partial charge in [-0.1, -0.05) is 30.3 Å². The number of aliphatic hydroxyl groups is 1. The van der Waals surface area contributed by atoms with Crippen LogP contribution in [0.2, 0.25) is 0 Å². The van der Waals surface area contributed by atoms with Gasteiger partial charge in [-0.15, -0.1) is 11.8 Å². The van der Waals surface area contributed by atoms with E-state index in [4.69, 9.17) is 10.4 Å². The van der Waals surface area contributed by atoms with E-state index in [9.17, 15) is 0 Å². The molecule has 0 fully saturated rings. The molecule has 3 heteroatoms. The van der Waals surface area contributed by atoms with Crippen LogP contribution >= 0.6 is 11.8 Å². The van der Waals surface area contributed by atoms with Crippen molar-refractivity contribution in [3.8, 4) is 6.07 Å². The quantitative estimate of drug-likeness (QED) is 0.852. The summed E-state index contributed by atoms with van der Waals surface area (Å²) in [6.07, 6.45) is 0. The number of thioether (sulfide) groups is 1. The van der Waals surface area contributed by atoms with Crippen LogP contribution in [-0.2, 0) is 12.4 Å². The van der Waals surface area contributed by atoms with Gasteiger partial charge in [-0.3, -0.25) is 0 Å². The van der Waals surface area contributed by atoms with Gasteiger partial charge in [0.25, 0.3) is 0 Å². The molecule has 0 saturated heterocycles. The molecule has 0 bridgehead atoms. The van der Waals surface area contributed by atoms with Crippen molar-refractivity contribution in [3.63, 3.8) is 0 Å². The Bertz CT molecular complexity index is 575. The zero-order valence-electron chi connectivity index (χ0n) is 9.84. The van der Waals surface area contributed by atoms with Gasteiger partial charge >= 0.3 is 0 Å². The predicted octanol–water partition coefficient (Wildman–Crippen LogP) is 3.34. The summed E-state index contributed by atoms with van der Waals surface area (Å²) in [7, 11) is 0. The molecule has 0 spiro atoms. The topological polar surface area (TPSA) is 44.0 Å². The zero-order valence-corrected chi connectivity index (χ0v) is 10.7. The van der Waals surface area contributed by atoms with Crippen LogP contribution in [-0.4, -0.2) is 5.11 Å². The summed E-state index contributed by atoms with van der Waals surface area (Å²) in [5.41, 5.74) is 2.68. The number of hydrogen-bond donors (Lipinski definition) is 1. The third-order valence-electron chi connectivity index (χ3n) is 2.61. The van der Waals surface area contributed by atoms with Crippen molar-refractivity contribution in [1.82, 2.24) is 0 Å². The smallest absolute Gasteiger partial charge is 0.0994 e. The molecule has 0 amide bonds. The minimum atomic E-state index is 0.0587.